The number of likely N-dealkylation sites (tertiary alicyclic amines) is 1. The Balaban J connectivity index is 1.25. The Bertz CT molecular complexity index is 1530. The van der Waals surface area contributed by atoms with Crippen LogP contribution >= 0.6 is 0 Å². The summed E-state index contributed by atoms with van der Waals surface area (Å²) in [5.74, 6) is 0.993. The van der Waals surface area contributed by atoms with Gasteiger partial charge in [-0.3, -0.25) is 4.68 Å². The molecule has 0 bridgehead atoms. The molecule has 1 saturated carbocycles. The highest BCUT2D eigenvalue weighted by atomic mass is 15.3. The van der Waals surface area contributed by atoms with Crippen molar-refractivity contribution in [3.63, 3.8) is 0 Å². The SMILES string of the molecule is Nc1ncnn2c(C3CCCN(C4CC4)CC3)cc(-c3ccc4cn(Cc5ccccc5)nc4c3)c12. The molecular weight excluding hydrogens is 446 g/mol. The van der Waals surface area contributed by atoms with Crippen molar-refractivity contribution in [2.75, 3.05) is 18.8 Å². The Morgan fingerprint density at radius 3 is 2.69 bits per heavy atom. The quantitative estimate of drug-likeness (QED) is 0.381. The van der Waals surface area contributed by atoms with E-state index in [4.69, 9.17) is 10.8 Å². The third-order valence-electron chi connectivity index (χ3n) is 7.91. The Hall–Kier alpha value is -3.71. The average molecular weight is 478 g/mol. The summed E-state index contributed by atoms with van der Waals surface area (Å²) in [5.41, 5.74) is 13.0. The Morgan fingerprint density at radius 2 is 1.83 bits per heavy atom. The smallest absolute Gasteiger partial charge is 0.151 e. The molecule has 1 atom stereocenters. The predicted octanol–water partition coefficient (Wildman–Crippen LogP) is 5.11. The number of rotatable bonds is 5. The summed E-state index contributed by atoms with van der Waals surface area (Å²) in [6, 6.07) is 20.1. The maximum atomic E-state index is 6.44. The topological polar surface area (TPSA) is 77.3 Å². The van der Waals surface area contributed by atoms with Crippen LogP contribution < -0.4 is 5.73 Å². The van der Waals surface area contributed by atoms with Crippen molar-refractivity contribution in [1.82, 2.24) is 29.3 Å². The van der Waals surface area contributed by atoms with E-state index in [0.29, 0.717) is 11.7 Å². The summed E-state index contributed by atoms with van der Waals surface area (Å²) in [6.07, 6.45) is 10.0. The summed E-state index contributed by atoms with van der Waals surface area (Å²) >= 11 is 0. The second-order valence-electron chi connectivity index (χ2n) is 10.4. The molecule has 2 aliphatic rings. The lowest BCUT2D eigenvalue weighted by molar-refractivity contribution is 0.273. The van der Waals surface area contributed by atoms with Crippen LogP contribution in [0.1, 0.15) is 49.3 Å². The molecule has 36 heavy (non-hydrogen) atoms. The fraction of sp³-hybridized carbons (Fsp3) is 0.345. The van der Waals surface area contributed by atoms with Crippen LogP contribution in [-0.2, 0) is 6.54 Å². The molecule has 3 aromatic heterocycles. The van der Waals surface area contributed by atoms with Crippen molar-refractivity contribution in [3.05, 3.63) is 78.4 Å². The van der Waals surface area contributed by atoms with Crippen LogP contribution in [0, 0.1) is 0 Å². The van der Waals surface area contributed by atoms with Gasteiger partial charge in [-0.15, -0.1) is 0 Å². The number of nitrogen functional groups attached to an aromatic ring is 1. The molecule has 7 nitrogen and oxygen atoms in total. The number of fused-ring (bicyclic) bond motifs is 2. The molecule has 182 valence electrons. The molecule has 1 aliphatic carbocycles. The van der Waals surface area contributed by atoms with E-state index in [9.17, 15) is 0 Å². The lowest BCUT2D eigenvalue weighted by Crippen LogP contribution is -2.26. The van der Waals surface area contributed by atoms with Gasteiger partial charge in [-0.1, -0.05) is 42.5 Å². The standard InChI is InChI=1S/C29H31N7/c30-29-28-25(22-8-9-23-18-35(33-26(23)15-22)17-20-5-2-1-3-6-20)16-27(36(28)32-19-31-29)21-7-4-13-34(14-12-21)24-10-11-24/h1-3,5-6,8-9,15-16,18-19,21,24H,4,7,10-14,17H2,(H2,30,31,32). The highest BCUT2D eigenvalue weighted by molar-refractivity contribution is 5.92. The zero-order valence-electron chi connectivity index (χ0n) is 20.4. The lowest BCUT2D eigenvalue weighted by Gasteiger charge is -2.19. The third kappa shape index (κ3) is 3.93. The first-order chi connectivity index (χ1) is 17.7. The molecular formula is C29H31N7. The van der Waals surface area contributed by atoms with Crippen LogP contribution in [0.15, 0.2) is 67.1 Å². The van der Waals surface area contributed by atoms with Crippen molar-refractivity contribution in [2.24, 2.45) is 0 Å². The fourth-order valence-electron chi connectivity index (χ4n) is 5.91. The number of aromatic nitrogens is 5. The minimum Gasteiger partial charge on any atom is -0.382 e. The van der Waals surface area contributed by atoms with Crippen LogP contribution in [-0.4, -0.2) is 48.4 Å². The summed E-state index contributed by atoms with van der Waals surface area (Å²) < 4.78 is 4.06. The van der Waals surface area contributed by atoms with Crippen molar-refractivity contribution in [2.45, 2.75) is 50.6 Å². The summed E-state index contributed by atoms with van der Waals surface area (Å²) in [4.78, 5) is 7.04. The van der Waals surface area contributed by atoms with Crippen molar-refractivity contribution in [3.8, 4) is 11.1 Å². The first-order valence-electron chi connectivity index (χ1n) is 13.1. The van der Waals surface area contributed by atoms with Crippen LogP contribution in [0.3, 0.4) is 0 Å². The van der Waals surface area contributed by atoms with E-state index in [-0.39, 0.29) is 0 Å². The van der Waals surface area contributed by atoms with E-state index in [2.05, 4.69) is 69.7 Å². The number of hydrogen-bond acceptors (Lipinski definition) is 5. The molecule has 1 unspecified atom stereocenters. The van der Waals surface area contributed by atoms with Gasteiger partial charge in [0, 0.05) is 34.8 Å². The summed E-state index contributed by atoms with van der Waals surface area (Å²) in [7, 11) is 0. The normalized spacial score (nSPS) is 19.2. The summed E-state index contributed by atoms with van der Waals surface area (Å²) in [5, 5.41) is 10.7. The molecule has 0 radical (unpaired) electrons. The van der Waals surface area contributed by atoms with Gasteiger partial charge in [-0.25, -0.2) is 9.50 Å². The molecule has 0 amide bonds. The molecule has 7 rings (SSSR count). The van der Waals surface area contributed by atoms with E-state index in [1.807, 2.05) is 15.3 Å². The molecule has 0 spiro atoms. The lowest BCUT2D eigenvalue weighted by atomic mass is 9.96. The Morgan fingerprint density at radius 1 is 0.944 bits per heavy atom. The van der Waals surface area contributed by atoms with E-state index < -0.39 is 0 Å². The van der Waals surface area contributed by atoms with Gasteiger partial charge in [0.15, 0.2) is 5.82 Å². The Labute approximate surface area is 210 Å². The molecule has 4 heterocycles. The van der Waals surface area contributed by atoms with Crippen LogP contribution in [0.25, 0.3) is 27.5 Å². The maximum absolute atomic E-state index is 6.44. The van der Waals surface area contributed by atoms with Gasteiger partial charge < -0.3 is 10.6 Å². The van der Waals surface area contributed by atoms with Gasteiger partial charge >= 0.3 is 0 Å². The van der Waals surface area contributed by atoms with Gasteiger partial charge in [0.25, 0.3) is 0 Å². The number of nitrogens with zero attached hydrogens (tertiary/aromatic N) is 6. The van der Waals surface area contributed by atoms with Gasteiger partial charge in [-0.05, 0) is 68.5 Å². The second-order valence-corrected chi connectivity index (χ2v) is 10.4. The molecule has 2 N–H and O–H groups in total. The first-order valence-corrected chi connectivity index (χ1v) is 13.1. The minimum absolute atomic E-state index is 0.470. The zero-order chi connectivity index (χ0) is 24.1. The van der Waals surface area contributed by atoms with E-state index in [1.54, 1.807) is 6.33 Å². The van der Waals surface area contributed by atoms with Crippen molar-refractivity contribution in [1.29, 1.82) is 0 Å². The largest absolute Gasteiger partial charge is 0.382 e. The molecule has 7 heteroatoms. The molecule has 2 fully saturated rings. The van der Waals surface area contributed by atoms with Crippen LogP contribution in [0.2, 0.25) is 0 Å². The molecule has 2 aromatic carbocycles. The summed E-state index contributed by atoms with van der Waals surface area (Å²) in [6.45, 7) is 3.14. The first kappa shape index (κ1) is 21.6. The molecule has 1 saturated heterocycles. The van der Waals surface area contributed by atoms with Gasteiger partial charge in [-0.2, -0.15) is 10.2 Å². The van der Waals surface area contributed by atoms with E-state index in [1.165, 1.54) is 50.0 Å². The number of nitrogens with two attached hydrogens (primary N) is 1. The van der Waals surface area contributed by atoms with Crippen molar-refractivity contribution < 1.29 is 0 Å². The fourth-order valence-corrected chi connectivity index (χ4v) is 5.91. The molecule has 1 aliphatic heterocycles. The predicted molar refractivity (Wildman–Crippen MR) is 143 cm³/mol. The van der Waals surface area contributed by atoms with Gasteiger partial charge in [0.2, 0.25) is 0 Å². The zero-order valence-corrected chi connectivity index (χ0v) is 20.4. The number of anilines is 1. The van der Waals surface area contributed by atoms with Crippen molar-refractivity contribution >= 4 is 22.2 Å². The van der Waals surface area contributed by atoms with Crippen LogP contribution in [0.4, 0.5) is 5.82 Å². The third-order valence-corrected chi connectivity index (χ3v) is 7.91. The Kier molecular flexibility index (Phi) is 5.24. The van der Waals surface area contributed by atoms with Gasteiger partial charge in [0.05, 0.1) is 12.1 Å². The highest BCUT2D eigenvalue weighted by Gasteiger charge is 2.32. The molecule has 5 aromatic rings. The van der Waals surface area contributed by atoms with Gasteiger partial charge in [0.1, 0.15) is 11.8 Å². The number of benzene rings is 2. The second kappa shape index (κ2) is 8.75. The van der Waals surface area contributed by atoms with E-state index >= 15 is 0 Å². The minimum atomic E-state index is 0.470. The van der Waals surface area contributed by atoms with E-state index in [0.717, 1.165) is 46.6 Å². The monoisotopic (exact) mass is 477 g/mol. The highest BCUT2D eigenvalue weighted by Crippen LogP contribution is 2.38. The number of hydrogen-bond donors (Lipinski definition) is 1. The van der Waals surface area contributed by atoms with Crippen LogP contribution in [0.5, 0.6) is 0 Å². The maximum Gasteiger partial charge on any atom is 0.151 e. The average Bonchev–Trinajstić information content (AvgIpc) is 3.61.